The van der Waals surface area contributed by atoms with Gasteiger partial charge in [-0.15, -0.1) is 0 Å². The van der Waals surface area contributed by atoms with E-state index < -0.39 is 16.1 Å². The first-order valence-corrected chi connectivity index (χ1v) is 8.04. The molecule has 1 aromatic carbocycles. The van der Waals surface area contributed by atoms with Gasteiger partial charge in [-0.05, 0) is 31.0 Å². The molecule has 2 amide bonds. The number of amides is 2. The summed E-state index contributed by atoms with van der Waals surface area (Å²) in [6.07, 6.45) is 0.706. The van der Waals surface area contributed by atoms with E-state index in [9.17, 15) is 18.0 Å². The van der Waals surface area contributed by atoms with Crippen molar-refractivity contribution in [2.75, 3.05) is 0 Å². The molecule has 1 aliphatic heterocycles. The normalized spacial score (nSPS) is 21.0. The summed E-state index contributed by atoms with van der Waals surface area (Å²) < 4.78 is 22.7. The summed E-state index contributed by atoms with van der Waals surface area (Å²) in [6.45, 7) is 1.81. The van der Waals surface area contributed by atoms with Crippen molar-refractivity contribution in [1.82, 2.24) is 10.6 Å². The van der Waals surface area contributed by atoms with Gasteiger partial charge in [0.25, 0.3) is 0 Å². The fourth-order valence-electron chi connectivity index (χ4n) is 2.21. The molecule has 0 radical (unpaired) electrons. The largest absolute Gasteiger partial charge is 0.299 e. The lowest BCUT2D eigenvalue weighted by Gasteiger charge is -2.25. The number of benzene rings is 1. The molecule has 4 N–H and O–H groups in total. The third-order valence-electron chi connectivity index (χ3n) is 3.38. The monoisotopic (exact) mass is 311 g/mol. The van der Waals surface area contributed by atoms with Crippen LogP contribution in [0.15, 0.2) is 29.2 Å². The molecule has 0 spiro atoms. The molecule has 0 aromatic heterocycles. The van der Waals surface area contributed by atoms with Crippen LogP contribution in [0.2, 0.25) is 0 Å². The fraction of sp³-hybridized carbons (Fsp3) is 0.385. The highest BCUT2D eigenvalue weighted by atomic mass is 32.2. The van der Waals surface area contributed by atoms with Gasteiger partial charge in [-0.1, -0.05) is 12.1 Å². The van der Waals surface area contributed by atoms with E-state index in [4.69, 9.17) is 5.14 Å². The highest BCUT2D eigenvalue weighted by molar-refractivity contribution is 7.89. The summed E-state index contributed by atoms with van der Waals surface area (Å²) in [6, 6.07) is 5.50. The minimum absolute atomic E-state index is 0.0249. The molecular weight excluding hydrogens is 294 g/mol. The number of primary sulfonamides is 1. The Morgan fingerprint density at radius 1 is 1.38 bits per heavy atom. The quantitative estimate of drug-likeness (QED) is 0.665. The highest BCUT2D eigenvalue weighted by Crippen LogP contribution is 2.18. The van der Waals surface area contributed by atoms with Crippen molar-refractivity contribution < 1.29 is 18.0 Å². The summed E-state index contributed by atoms with van der Waals surface area (Å²) in [4.78, 5) is 22.8. The SMILES string of the molecule is CC(NC1CCC(=O)NC1=O)c1cccc(S(N)(=O)=O)c1. The Morgan fingerprint density at radius 2 is 2.10 bits per heavy atom. The average Bonchev–Trinajstić information content (AvgIpc) is 2.41. The van der Waals surface area contributed by atoms with Crippen molar-refractivity contribution in [1.29, 1.82) is 0 Å². The van der Waals surface area contributed by atoms with Crippen molar-refractivity contribution in [3.8, 4) is 0 Å². The van der Waals surface area contributed by atoms with Gasteiger partial charge in [0.1, 0.15) is 0 Å². The minimum Gasteiger partial charge on any atom is -0.299 e. The van der Waals surface area contributed by atoms with Crippen LogP contribution in [0, 0.1) is 0 Å². The van der Waals surface area contributed by atoms with E-state index in [1.807, 2.05) is 6.92 Å². The number of nitrogens with one attached hydrogen (secondary N) is 2. The number of piperidine rings is 1. The molecule has 114 valence electrons. The van der Waals surface area contributed by atoms with Gasteiger partial charge in [0.05, 0.1) is 10.9 Å². The average molecular weight is 311 g/mol. The van der Waals surface area contributed by atoms with E-state index in [0.717, 1.165) is 0 Å². The number of imide groups is 1. The van der Waals surface area contributed by atoms with E-state index >= 15 is 0 Å². The Hall–Kier alpha value is -1.77. The Labute approximate surface area is 123 Å². The number of carbonyl (C=O) groups excluding carboxylic acids is 2. The summed E-state index contributed by atoms with van der Waals surface area (Å²) in [5.41, 5.74) is 0.700. The lowest BCUT2D eigenvalue weighted by Crippen LogP contribution is -2.51. The van der Waals surface area contributed by atoms with Crippen LogP contribution in [0.1, 0.15) is 31.4 Å². The number of hydrogen-bond donors (Lipinski definition) is 3. The fourth-order valence-corrected chi connectivity index (χ4v) is 2.78. The summed E-state index contributed by atoms with van der Waals surface area (Å²) in [5, 5.41) is 10.4. The summed E-state index contributed by atoms with van der Waals surface area (Å²) in [5.74, 6) is -0.636. The Kier molecular flexibility index (Phi) is 4.40. The molecule has 21 heavy (non-hydrogen) atoms. The maximum Gasteiger partial charge on any atom is 0.243 e. The van der Waals surface area contributed by atoms with Gasteiger partial charge in [0.2, 0.25) is 21.8 Å². The predicted molar refractivity (Wildman–Crippen MR) is 75.5 cm³/mol. The van der Waals surface area contributed by atoms with Crippen LogP contribution >= 0.6 is 0 Å². The number of sulfonamides is 1. The minimum atomic E-state index is -3.76. The molecule has 2 unspecified atom stereocenters. The van der Waals surface area contributed by atoms with Crippen LogP contribution in [0.3, 0.4) is 0 Å². The van der Waals surface area contributed by atoms with E-state index in [1.165, 1.54) is 12.1 Å². The van der Waals surface area contributed by atoms with Crippen molar-refractivity contribution >= 4 is 21.8 Å². The molecule has 1 fully saturated rings. The molecule has 8 heteroatoms. The van der Waals surface area contributed by atoms with Crippen molar-refractivity contribution in [2.45, 2.75) is 36.7 Å². The lowest BCUT2D eigenvalue weighted by atomic mass is 10.0. The molecule has 1 aliphatic rings. The van der Waals surface area contributed by atoms with Crippen LogP contribution in [-0.4, -0.2) is 26.3 Å². The second-order valence-electron chi connectivity index (χ2n) is 5.01. The van der Waals surface area contributed by atoms with E-state index in [-0.39, 0.29) is 29.2 Å². The maximum atomic E-state index is 11.7. The number of rotatable bonds is 4. The third kappa shape index (κ3) is 3.87. The van der Waals surface area contributed by atoms with E-state index in [1.54, 1.807) is 12.1 Å². The maximum absolute atomic E-state index is 11.7. The molecular formula is C13H17N3O4S. The molecule has 2 rings (SSSR count). The smallest absolute Gasteiger partial charge is 0.243 e. The van der Waals surface area contributed by atoms with Crippen LogP contribution in [0.4, 0.5) is 0 Å². The van der Waals surface area contributed by atoms with Crippen molar-refractivity contribution in [2.24, 2.45) is 5.14 Å². The molecule has 1 aromatic rings. The third-order valence-corrected chi connectivity index (χ3v) is 4.29. The van der Waals surface area contributed by atoms with Crippen LogP contribution in [0.5, 0.6) is 0 Å². The Balaban J connectivity index is 2.12. The second-order valence-corrected chi connectivity index (χ2v) is 6.57. The Bertz CT molecular complexity index is 672. The van der Waals surface area contributed by atoms with Gasteiger partial charge in [0, 0.05) is 12.5 Å². The van der Waals surface area contributed by atoms with Gasteiger partial charge in [0.15, 0.2) is 0 Å². The zero-order chi connectivity index (χ0) is 15.6. The number of nitrogens with two attached hydrogens (primary N) is 1. The zero-order valence-corrected chi connectivity index (χ0v) is 12.3. The van der Waals surface area contributed by atoms with Gasteiger partial charge in [-0.2, -0.15) is 0 Å². The lowest BCUT2D eigenvalue weighted by molar-refractivity contribution is -0.134. The first-order chi connectivity index (χ1) is 9.77. The van der Waals surface area contributed by atoms with Crippen LogP contribution in [0.25, 0.3) is 0 Å². The topological polar surface area (TPSA) is 118 Å². The Morgan fingerprint density at radius 3 is 2.71 bits per heavy atom. The van der Waals surface area contributed by atoms with Gasteiger partial charge < -0.3 is 0 Å². The van der Waals surface area contributed by atoms with E-state index in [2.05, 4.69) is 10.6 Å². The molecule has 7 nitrogen and oxygen atoms in total. The van der Waals surface area contributed by atoms with Crippen molar-refractivity contribution in [3.63, 3.8) is 0 Å². The molecule has 0 saturated carbocycles. The standard InChI is InChI=1S/C13H17N3O4S/c1-8(15-11-5-6-12(17)16-13(11)18)9-3-2-4-10(7-9)21(14,19)20/h2-4,7-8,11,15H,5-6H2,1H3,(H2,14,19,20)(H,16,17,18). The van der Waals surface area contributed by atoms with Crippen molar-refractivity contribution in [3.05, 3.63) is 29.8 Å². The first kappa shape index (κ1) is 15.6. The molecule has 2 atom stereocenters. The van der Waals surface area contributed by atoms with Gasteiger partial charge in [-0.3, -0.25) is 20.2 Å². The summed E-state index contributed by atoms with van der Waals surface area (Å²) in [7, 11) is -3.76. The number of hydrogen-bond acceptors (Lipinski definition) is 5. The molecule has 0 bridgehead atoms. The van der Waals surface area contributed by atoms with Crippen LogP contribution < -0.4 is 15.8 Å². The molecule has 0 aliphatic carbocycles. The summed E-state index contributed by atoms with van der Waals surface area (Å²) >= 11 is 0. The number of carbonyl (C=O) groups is 2. The first-order valence-electron chi connectivity index (χ1n) is 6.50. The van der Waals surface area contributed by atoms with Crippen LogP contribution in [-0.2, 0) is 19.6 Å². The van der Waals surface area contributed by atoms with E-state index in [0.29, 0.717) is 12.0 Å². The van der Waals surface area contributed by atoms with Gasteiger partial charge >= 0.3 is 0 Å². The second kappa shape index (κ2) is 5.92. The highest BCUT2D eigenvalue weighted by Gasteiger charge is 2.27. The van der Waals surface area contributed by atoms with Gasteiger partial charge in [-0.25, -0.2) is 13.6 Å². The predicted octanol–water partition coefficient (Wildman–Crippen LogP) is -0.210. The molecule has 1 saturated heterocycles. The molecule has 1 heterocycles. The zero-order valence-electron chi connectivity index (χ0n) is 11.5.